The van der Waals surface area contributed by atoms with Gasteiger partial charge in [-0.15, -0.1) is 11.3 Å². The average Bonchev–Trinajstić information content (AvgIpc) is 3.21. The summed E-state index contributed by atoms with van der Waals surface area (Å²) < 4.78 is 1.42. The van der Waals surface area contributed by atoms with E-state index in [0.717, 1.165) is 16.1 Å². The number of rotatable bonds is 3. The molecule has 0 saturated heterocycles. The molecule has 1 atom stereocenters. The fourth-order valence-electron chi connectivity index (χ4n) is 3.03. The molecule has 2 N–H and O–H groups in total. The lowest BCUT2D eigenvalue weighted by molar-refractivity contribution is 0.124. The van der Waals surface area contributed by atoms with Crippen molar-refractivity contribution >= 4 is 28.6 Å². The summed E-state index contributed by atoms with van der Waals surface area (Å²) in [5, 5.41) is 20.5. The number of hydrogen-bond donors (Lipinski definition) is 2. The van der Waals surface area contributed by atoms with Crippen LogP contribution in [0, 0.1) is 6.92 Å². The minimum atomic E-state index is -0.991. The van der Waals surface area contributed by atoms with Crippen LogP contribution in [-0.2, 0) is 0 Å². The molecule has 0 fully saturated rings. The third-order valence-electron chi connectivity index (χ3n) is 4.40. The third-order valence-corrected chi connectivity index (χ3v) is 5.50. The van der Waals surface area contributed by atoms with Gasteiger partial charge >= 0.3 is 0 Å². The molecule has 1 aromatic carbocycles. The van der Waals surface area contributed by atoms with E-state index >= 15 is 0 Å². The predicted octanol–water partition coefficient (Wildman–Crippen LogP) is 3.62. The molecule has 0 radical (unpaired) electrons. The number of halogens is 1. The number of β-amino-alcohol motifs (C(OH)–C–C–N with tert-alkyl or cyclic N) is 1. The molecular formula is C20H18ClN3O2S. The van der Waals surface area contributed by atoms with Gasteiger partial charge in [-0.2, -0.15) is 9.78 Å². The highest BCUT2D eigenvalue weighted by atomic mass is 35.5. The lowest BCUT2D eigenvalue weighted by Gasteiger charge is -2.11. The van der Waals surface area contributed by atoms with Crippen LogP contribution in [0.1, 0.15) is 17.4 Å². The second-order valence-corrected chi connectivity index (χ2v) is 8.40. The lowest BCUT2D eigenvalue weighted by Crippen LogP contribution is -2.29. The van der Waals surface area contributed by atoms with Crippen molar-refractivity contribution < 1.29 is 5.11 Å². The Bertz CT molecular complexity index is 1100. The number of nitrogens with zero attached hydrogens (tertiary/aromatic N) is 2. The van der Waals surface area contributed by atoms with E-state index in [1.54, 1.807) is 42.5 Å². The van der Waals surface area contributed by atoms with Gasteiger partial charge in [-0.05, 0) is 44.2 Å². The molecule has 1 unspecified atom stereocenters. The fourth-order valence-corrected chi connectivity index (χ4v) is 3.81. The Labute approximate surface area is 165 Å². The molecular weight excluding hydrogens is 382 g/mol. The second-order valence-electron chi connectivity index (χ2n) is 6.85. The summed E-state index contributed by atoms with van der Waals surface area (Å²) in [7, 11) is 0. The van der Waals surface area contributed by atoms with E-state index in [9.17, 15) is 9.90 Å². The molecule has 7 heteroatoms. The van der Waals surface area contributed by atoms with Crippen LogP contribution in [-0.4, -0.2) is 27.0 Å². The van der Waals surface area contributed by atoms with E-state index in [0.29, 0.717) is 28.5 Å². The maximum absolute atomic E-state index is 13.1. The molecule has 0 bridgehead atoms. The Morgan fingerprint density at radius 1 is 1.30 bits per heavy atom. The van der Waals surface area contributed by atoms with Crippen LogP contribution in [0.15, 0.2) is 52.6 Å². The highest BCUT2D eigenvalue weighted by molar-refractivity contribution is 7.10. The van der Waals surface area contributed by atoms with Crippen LogP contribution in [0.5, 0.6) is 0 Å². The minimum Gasteiger partial charge on any atom is -0.384 e. The summed E-state index contributed by atoms with van der Waals surface area (Å²) in [6.07, 6.45) is 1.68. The summed E-state index contributed by atoms with van der Waals surface area (Å²) in [6.45, 7) is 4.05. The first kappa shape index (κ1) is 18.0. The SMILES string of the molecule is Cc1cc(-n2nc(-c3ccc(Cl)cc3)cc(C3=CC(C)(O)CN3)c2=O)cs1. The molecule has 3 heterocycles. The number of aryl methyl sites for hydroxylation is 1. The largest absolute Gasteiger partial charge is 0.384 e. The van der Waals surface area contributed by atoms with Crippen molar-refractivity contribution in [3.63, 3.8) is 0 Å². The van der Waals surface area contributed by atoms with Crippen LogP contribution in [0.25, 0.3) is 22.6 Å². The lowest BCUT2D eigenvalue weighted by atomic mass is 10.1. The van der Waals surface area contributed by atoms with Crippen LogP contribution >= 0.6 is 22.9 Å². The standard InChI is InChI=1S/C20H18ClN3O2S/c1-12-7-15(10-27-12)24-19(25)16(18-9-20(2,26)11-22-18)8-17(23-24)13-3-5-14(21)6-4-13/h3-10,22,26H,11H2,1-2H3. The molecule has 1 aliphatic heterocycles. The Morgan fingerprint density at radius 2 is 2.04 bits per heavy atom. The first-order valence-corrected chi connectivity index (χ1v) is 9.73. The maximum Gasteiger partial charge on any atom is 0.280 e. The van der Waals surface area contributed by atoms with E-state index in [-0.39, 0.29) is 5.56 Å². The van der Waals surface area contributed by atoms with E-state index in [2.05, 4.69) is 10.4 Å². The van der Waals surface area contributed by atoms with Gasteiger partial charge in [-0.25, -0.2) is 0 Å². The zero-order valence-corrected chi connectivity index (χ0v) is 16.4. The van der Waals surface area contributed by atoms with Crippen LogP contribution in [0.3, 0.4) is 0 Å². The molecule has 0 aliphatic carbocycles. The molecule has 27 heavy (non-hydrogen) atoms. The molecule has 0 amide bonds. The quantitative estimate of drug-likeness (QED) is 0.706. The number of thiophene rings is 1. The number of aromatic nitrogens is 2. The normalized spacial score (nSPS) is 19.0. The zero-order chi connectivity index (χ0) is 19.2. The number of hydrogen-bond acceptors (Lipinski definition) is 5. The van der Waals surface area contributed by atoms with E-state index in [1.165, 1.54) is 4.68 Å². The van der Waals surface area contributed by atoms with Crippen molar-refractivity contribution in [2.24, 2.45) is 0 Å². The Hall–Kier alpha value is -2.41. The van der Waals surface area contributed by atoms with Crippen molar-refractivity contribution in [1.29, 1.82) is 0 Å². The van der Waals surface area contributed by atoms with Gasteiger partial charge < -0.3 is 10.4 Å². The number of nitrogens with one attached hydrogen (secondary N) is 1. The Morgan fingerprint density at radius 3 is 2.63 bits per heavy atom. The molecule has 4 rings (SSSR count). The monoisotopic (exact) mass is 399 g/mol. The van der Waals surface area contributed by atoms with E-state index < -0.39 is 5.60 Å². The summed E-state index contributed by atoms with van der Waals surface area (Å²) in [5.41, 5.74) is 2.09. The van der Waals surface area contributed by atoms with Gasteiger partial charge in [-0.1, -0.05) is 23.7 Å². The third kappa shape index (κ3) is 3.56. The fraction of sp³-hybridized carbons (Fsp3) is 0.200. The smallest absolute Gasteiger partial charge is 0.280 e. The first-order valence-electron chi connectivity index (χ1n) is 8.48. The van der Waals surface area contributed by atoms with Gasteiger partial charge in [0, 0.05) is 33.1 Å². The number of benzene rings is 1. The minimum absolute atomic E-state index is 0.234. The van der Waals surface area contributed by atoms with Gasteiger partial charge in [-0.3, -0.25) is 4.79 Å². The van der Waals surface area contributed by atoms with Crippen LogP contribution in [0.2, 0.25) is 5.02 Å². The second kappa shape index (κ2) is 6.64. The topological polar surface area (TPSA) is 67.2 Å². The molecule has 5 nitrogen and oxygen atoms in total. The summed E-state index contributed by atoms with van der Waals surface area (Å²) in [5.74, 6) is 0. The highest BCUT2D eigenvalue weighted by Gasteiger charge is 2.27. The van der Waals surface area contributed by atoms with Crippen molar-refractivity contribution in [3.8, 4) is 16.9 Å². The zero-order valence-electron chi connectivity index (χ0n) is 14.9. The highest BCUT2D eigenvalue weighted by Crippen LogP contribution is 2.26. The van der Waals surface area contributed by atoms with Gasteiger partial charge in [0.1, 0.15) is 0 Å². The number of aliphatic hydroxyl groups is 1. The maximum atomic E-state index is 13.1. The van der Waals surface area contributed by atoms with E-state index in [4.69, 9.17) is 11.6 Å². The molecule has 1 aliphatic rings. The van der Waals surface area contributed by atoms with Crippen LogP contribution in [0.4, 0.5) is 0 Å². The van der Waals surface area contributed by atoms with Crippen molar-refractivity contribution in [1.82, 2.24) is 15.1 Å². The average molecular weight is 400 g/mol. The Kier molecular flexibility index (Phi) is 4.42. The summed E-state index contributed by atoms with van der Waals surface area (Å²) in [6, 6.07) is 11.0. The van der Waals surface area contributed by atoms with E-state index in [1.807, 2.05) is 30.5 Å². The molecule has 3 aromatic rings. The molecule has 138 valence electrons. The predicted molar refractivity (Wildman–Crippen MR) is 109 cm³/mol. The Balaban J connectivity index is 1.94. The molecule has 2 aromatic heterocycles. The van der Waals surface area contributed by atoms with Gasteiger partial charge in [0.2, 0.25) is 0 Å². The van der Waals surface area contributed by atoms with Gasteiger partial charge in [0.15, 0.2) is 0 Å². The first-order chi connectivity index (χ1) is 12.8. The summed E-state index contributed by atoms with van der Waals surface area (Å²) >= 11 is 7.56. The van der Waals surface area contributed by atoms with Gasteiger partial charge in [0.05, 0.1) is 22.5 Å². The van der Waals surface area contributed by atoms with Gasteiger partial charge in [0.25, 0.3) is 5.56 Å². The molecule has 0 spiro atoms. The van der Waals surface area contributed by atoms with Crippen molar-refractivity contribution in [3.05, 3.63) is 73.7 Å². The van der Waals surface area contributed by atoms with Crippen molar-refractivity contribution in [2.45, 2.75) is 19.4 Å². The van der Waals surface area contributed by atoms with Crippen molar-refractivity contribution in [2.75, 3.05) is 6.54 Å². The van der Waals surface area contributed by atoms with Crippen LogP contribution < -0.4 is 10.9 Å². The summed E-state index contributed by atoms with van der Waals surface area (Å²) in [4.78, 5) is 14.2. The molecule has 0 saturated carbocycles.